The molecule has 57 heavy (non-hydrogen) atoms. The lowest BCUT2D eigenvalue weighted by Gasteiger charge is -2.18. The Morgan fingerprint density at radius 3 is 0.895 bits per heavy atom. The summed E-state index contributed by atoms with van der Waals surface area (Å²) >= 11 is 0. The van der Waals surface area contributed by atoms with Crippen LogP contribution in [0.5, 0.6) is 0 Å². The number of esters is 2. The van der Waals surface area contributed by atoms with Crippen LogP contribution in [0, 0.1) is 0 Å². The molecule has 1 unspecified atom stereocenters. The number of carbonyl (C=O) groups excluding carboxylic acids is 2. The van der Waals surface area contributed by atoms with E-state index >= 15 is 0 Å². The molecule has 0 fully saturated rings. The number of phosphoric acid groups is 1. The first-order valence-corrected chi connectivity index (χ1v) is 26.4. The van der Waals surface area contributed by atoms with E-state index in [1.165, 1.54) is 212 Å². The third kappa shape index (κ3) is 47.6. The number of unbranched alkanes of at least 4 members (excludes halogenated alkanes) is 37. The zero-order valence-corrected chi connectivity index (χ0v) is 38.7. The first-order valence-electron chi connectivity index (χ1n) is 24.8. The van der Waals surface area contributed by atoms with E-state index < -0.39 is 32.5 Å². The van der Waals surface area contributed by atoms with Gasteiger partial charge in [-0.1, -0.05) is 251 Å². The Morgan fingerprint density at radius 1 is 0.386 bits per heavy atom. The Morgan fingerprint density at radius 2 is 0.632 bits per heavy atom. The zero-order chi connectivity index (χ0) is 41.8. The topological polar surface area (TPSA) is 119 Å². The van der Waals surface area contributed by atoms with E-state index in [0.717, 1.165) is 32.1 Å². The maximum atomic E-state index is 12.5. The lowest BCUT2D eigenvalue weighted by Crippen LogP contribution is -2.29. The largest absolute Gasteiger partial charge is 0.469 e. The SMILES string of the molecule is CCCCCCCCCCCCCCCCCCCCCCCCC(=O)OC(COC(=O)CCCCCCCCCCCCCCCCCCC)COP(=O)(O)O. The van der Waals surface area contributed by atoms with E-state index in [9.17, 15) is 14.2 Å². The molecule has 8 nitrogen and oxygen atoms in total. The number of ether oxygens (including phenoxy) is 2. The van der Waals surface area contributed by atoms with Crippen LogP contribution in [-0.2, 0) is 28.2 Å². The monoisotopic (exact) mass is 831 g/mol. The molecule has 0 amide bonds. The fraction of sp³-hybridized carbons (Fsp3) is 0.958. The number of hydrogen-bond acceptors (Lipinski definition) is 6. The van der Waals surface area contributed by atoms with Gasteiger partial charge in [0.05, 0.1) is 6.61 Å². The average molecular weight is 831 g/mol. The van der Waals surface area contributed by atoms with Crippen molar-refractivity contribution in [1.82, 2.24) is 0 Å². The first kappa shape index (κ1) is 56.0. The molecule has 9 heteroatoms. The molecule has 340 valence electrons. The quantitative estimate of drug-likeness (QED) is 0.0353. The normalized spacial score (nSPS) is 12.3. The third-order valence-corrected chi connectivity index (χ3v) is 11.9. The summed E-state index contributed by atoms with van der Waals surface area (Å²) in [5, 5.41) is 0. The maximum Gasteiger partial charge on any atom is 0.469 e. The van der Waals surface area contributed by atoms with Crippen LogP contribution in [0.25, 0.3) is 0 Å². The van der Waals surface area contributed by atoms with E-state index in [1.54, 1.807) is 0 Å². The van der Waals surface area contributed by atoms with E-state index in [0.29, 0.717) is 6.42 Å². The van der Waals surface area contributed by atoms with Crippen molar-refractivity contribution in [2.75, 3.05) is 13.2 Å². The Labute approximate surface area is 353 Å². The van der Waals surface area contributed by atoms with Gasteiger partial charge in [0.25, 0.3) is 0 Å². The van der Waals surface area contributed by atoms with Crippen LogP contribution in [0.2, 0.25) is 0 Å². The summed E-state index contributed by atoms with van der Waals surface area (Å²) in [6.07, 6.45) is 49.8. The first-order chi connectivity index (χ1) is 27.8. The summed E-state index contributed by atoms with van der Waals surface area (Å²) in [5.74, 6) is -0.862. The molecular formula is C48H95O8P. The van der Waals surface area contributed by atoms with Crippen molar-refractivity contribution in [2.45, 2.75) is 283 Å². The summed E-state index contributed by atoms with van der Waals surface area (Å²) in [4.78, 5) is 43.0. The number of carbonyl (C=O) groups is 2. The van der Waals surface area contributed by atoms with Crippen molar-refractivity contribution in [3.8, 4) is 0 Å². The van der Waals surface area contributed by atoms with Gasteiger partial charge in [0, 0.05) is 12.8 Å². The Bertz CT molecular complexity index is 894. The fourth-order valence-electron chi connectivity index (χ4n) is 7.67. The minimum atomic E-state index is -4.75. The number of rotatable bonds is 47. The predicted molar refractivity (Wildman–Crippen MR) is 239 cm³/mol. The maximum absolute atomic E-state index is 12.5. The van der Waals surface area contributed by atoms with E-state index in [1.807, 2.05) is 0 Å². The molecule has 0 aromatic rings. The van der Waals surface area contributed by atoms with E-state index in [-0.39, 0.29) is 19.4 Å². The lowest BCUT2D eigenvalue weighted by molar-refractivity contribution is -0.161. The van der Waals surface area contributed by atoms with Gasteiger partial charge < -0.3 is 19.3 Å². The van der Waals surface area contributed by atoms with Crippen LogP contribution in [-0.4, -0.2) is 41.0 Å². The molecule has 0 aromatic heterocycles. The highest BCUT2D eigenvalue weighted by Gasteiger charge is 2.23. The van der Waals surface area contributed by atoms with Gasteiger partial charge in [0.15, 0.2) is 6.10 Å². The second kappa shape index (κ2) is 44.6. The van der Waals surface area contributed by atoms with Crippen LogP contribution in [0.3, 0.4) is 0 Å². The fourth-order valence-corrected chi connectivity index (χ4v) is 8.03. The molecule has 0 aromatic carbocycles. The molecule has 2 N–H and O–H groups in total. The molecule has 0 rings (SSSR count). The van der Waals surface area contributed by atoms with Crippen molar-refractivity contribution < 1.29 is 37.9 Å². The second-order valence-corrected chi connectivity index (χ2v) is 18.4. The molecule has 0 heterocycles. The Kier molecular flexibility index (Phi) is 43.9. The number of phosphoric ester groups is 1. The third-order valence-electron chi connectivity index (χ3n) is 11.4. The van der Waals surface area contributed by atoms with Gasteiger partial charge in [-0.25, -0.2) is 4.57 Å². The lowest BCUT2D eigenvalue weighted by atomic mass is 10.0. The molecule has 0 bridgehead atoms. The highest BCUT2D eigenvalue weighted by atomic mass is 31.2. The van der Waals surface area contributed by atoms with Gasteiger partial charge in [-0.05, 0) is 12.8 Å². The molecule has 0 saturated carbocycles. The Hall–Kier alpha value is -0.950. The zero-order valence-electron chi connectivity index (χ0n) is 37.8. The second-order valence-electron chi connectivity index (χ2n) is 17.2. The number of hydrogen-bond donors (Lipinski definition) is 2. The molecule has 0 radical (unpaired) electrons. The summed E-state index contributed by atoms with van der Waals surface area (Å²) in [7, 11) is -4.75. The van der Waals surface area contributed by atoms with Crippen LogP contribution in [0.15, 0.2) is 0 Å². The summed E-state index contributed by atoms with van der Waals surface area (Å²) < 4.78 is 26.5. The van der Waals surface area contributed by atoms with Crippen LogP contribution in [0.1, 0.15) is 277 Å². The van der Waals surface area contributed by atoms with Crippen LogP contribution < -0.4 is 0 Å². The molecule has 0 aliphatic carbocycles. The minimum Gasteiger partial charge on any atom is -0.462 e. The van der Waals surface area contributed by atoms with Gasteiger partial charge in [-0.3, -0.25) is 14.1 Å². The summed E-state index contributed by atoms with van der Waals surface area (Å²) in [6, 6.07) is 0. The average Bonchev–Trinajstić information content (AvgIpc) is 3.18. The minimum absolute atomic E-state index is 0.221. The van der Waals surface area contributed by atoms with Crippen LogP contribution >= 0.6 is 7.82 Å². The van der Waals surface area contributed by atoms with Crippen molar-refractivity contribution >= 4 is 19.8 Å². The summed E-state index contributed by atoms with van der Waals surface area (Å²) in [5.41, 5.74) is 0. The molecular weight excluding hydrogens is 735 g/mol. The van der Waals surface area contributed by atoms with E-state index in [2.05, 4.69) is 18.4 Å². The van der Waals surface area contributed by atoms with Gasteiger partial charge in [-0.2, -0.15) is 0 Å². The van der Waals surface area contributed by atoms with Crippen molar-refractivity contribution in [3.05, 3.63) is 0 Å². The molecule has 0 aliphatic rings. The highest BCUT2D eigenvalue weighted by molar-refractivity contribution is 7.46. The van der Waals surface area contributed by atoms with Crippen LogP contribution in [0.4, 0.5) is 0 Å². The molecule has 1 atom stereocenters. The van der Waals surface area contributed by atoms with Crippen molar-refractivity contribution in [3.63, 3.8) is 0 Å². The van der Waals surface area contributed by atoms with E-state index in [4.69, 9.17) is 19.3 Å². The summed E-state index contributed by atoms with van der Waals surface area (Å²) in [6.45, 7) is 3.75. The van der Waals surface area contributed by atoms with Crippen molar-refractivity contribution in [2.24, 2.45) is 0 Å². The predicted octanol–water partition coefficient (Wildman–Crippen LogP) is 15.6. The molecule has 0 saturated heterocycles. The molecule has 0 spiro atoms. The standard InChI is InChI=1S/C48H95O8P/c1-3-5-7-9-11-13-15-17-19-21-22-23-24-25-27-29-31-33-35-37-39-41-43-48(50)56-46(45-55-57(51,52)53)44-54-47(49)42-40-38-36-34-32-30-28-26-20-18-16-14-12-10-8-6-4-2/h46H,3-45H2,1-2H3,(H2,51,52,53). The van der Waals surface area contributed by atoms with Gasteiger partial charge in [0.1, 0.15) is 6.61 Å². The smallest absolute Gasteiger partial charge is 0.462 e. The van der Waals surface area contributed by atoms with Gasteiger partial charge in [-0.15, -0.1) is 0 Å². The highest BCUT2D eigenvalue weighted by Crippen LogP contribution is 2.36. The van der Waals surface area contributed by atoms with Crippen molar-refractivity contribution in [1.29, 1.82) is 0 Å². The van der Waals surface area contributed by atoms with Gasteiger partial charge in [0.2, 0.25) is 0 Å². The molecule has 0 aliphatic heterocycles. The van der Waals surface area contributed by atoms with Gasteiger partial charge >= 0.3 is 19.8 Å². The Balaban J connectivity index is 3.76.